The quantitative estimate of drug-likeness (QED) is 0.233. The molecule has 2 heterocycles. The van der Waals surface area contributed by atoms with Gasteiger partial charge in [-0.15, -0.1) is 11.3 Å². The zero-order valence-corrected chi connectivity index (χ0v) is 23.7. The maximum atomic E-state index is 12.4. The molecule has 41 heavy (non-hydrogen) atoms. The summed E-state index contributed by atoms with van der Waals surface area (Å²) < 4.78 is 24.0. The molecule has 1 saturated heterocycles. The molecule has 1 fully saturated rings. The minimum Gasteiger partial charge on any atom is -0.493 e. The number of likely N-dealkylation sites (tertiary alicyclic amines) is 1. The van der Waals surface area contributed by atoms with E-state index in [-0.39, 0.29) is 49.6 Å². The number of hydrogen-bond acceptors (Lipinski definition) is 9. The lowest BCUT2D eigenvalue weighted by atomic mass is 9.96. The van der Waals surface area contributed by atoms with Crippen molar-refractivity contribution in [2.45, 2.75) is 44.3 Å². The lowest BCUT2D eigenvalue weighted by Crippen LogP contribution is -2.31. The van der Waals surface area contributed by atoms with Crippen LogP contribution in [0.4, 0.5) is 0 Å². The lowest BCUT2D eigenvalue weighted by Gasteiger charge is -2.26. The maximum Gasteiger partial charge on any atom is 0.303 e. The molecule has 1 amide bonds. The summed E-state index contributed by atoms with van der Waals surface area (Å²) in [6.07, 6.45) is 3.39. The van der Waals surface area contributed by atoms with Crippen LogP contribution in [0.25, 0.3) is 10.1 Å². The second kappa shape index (κ2) is 13.7. The van der Waals surface area contributed by atoms with E-state index >= 15 is 0 Å². The summed E-state index contributed by atoms with van der Waals surface area (Å²) in [5.41, 5.74) is 1.98. The highest BCUT2D eigenvalue weighted by atomic mass is 32.1. The first-order chi connectivity index (χ1) is 19.7. The average Bonchev–Trinajstić information content (AvgIpc) is 3.56. The average molecular weight is 588 g/mol. The SMILES string of the molecule is COc1cc2sc(C(=O)CCC(=O)O)cc2cc1OCCCOC1C=C2CN(C(=O)CCC(=O)O)CC2=CC1OC. The highest BCUT2D eigenvalue weighted by Crippen LogP contribution is 2.37. The molecule has 1 aliphatic heterocycles. The Bertz CT molecular complexity index is 1380. The van der Waals surface area contributed by atoms with Crippen LogP contribution in [0.15, 0.2) is 41.5 Å². The van der Waals surface area contributed by atoms with Crippen molar-refractivity contribution < 1.29 is 48.3 Å². The van der Waals surface area contributed by atoms with Gasteiger partial charge in [-0.05, 0) is 40.8 Å². The number of rotatable bonds is 15. The van der Waals surface area contributed by atoms with Crippen LogP contribution in [0.5, 0.6) is 11.5 Å². The number of amides is 1. The van der Waals surface area contributed by atoms with Gasteiger partial charge in [0, 0.05) is 50.2 Å². The summed E-state index contributed by atoms with van der Waals surface area (Å²) in [7, 11) is 3.14. The molecule has 0 saturated carbocycles. The van der Waals surface area contributed by atoms with Crippen LogP contribution in [0.3, 0.4) is 0 Å². The molecular formula is C29H33NO10S. The van der Waals surface area contributed by atoms with Crippen LogP contribution < -0.4 is 9.47 Å². The number of nitrogens with zero attached hydrogens (tertiary/aromatic N) is 1. The van der Waals surface area contributed by atoms with Crippen molar-refractivity contribution >= 4 is 45.1 Å². The summed E-state index contributed by atoms with van der Waals surface area (Å²) in [5, 5.41) is 18.5. The number of methoxy groups -OCH3 is 2. The van der Waals surface area contributed by atoms with E-state index in [0.717, 1.165) is 21.2 Å². The van der Waals surface area contributed by atoms with Crippen LogP contribution in [0, 0.1) is 0 Å². The maximum absolute atomic E-state index is 12.4. The summed E-state index contributed by atoms with van der Waals surface area (Å²) >= 11 is 1.29. The number of carboxylic acid groups (broad SMARTS) is 2. The van der Waals surface area contributed by atoms with Gasteiger partial charge in [-0.2, -0.15) is 0 Å². The molecule has 0 bridgehead atoms. The fourth-order valence-electron chi connectivity index (χ4n) is 4.73. The Labute approximate surface area is 240 Å². The molecule has 2 atom stereocenters. The minimum atomic E-state index is -1.01. The van der Waals surface area contributed by atoms with Gasteiger partial charge >= 0.3 is 11.9 Å². The Balaban J connectivity index is 1.30. The van der Waals surface area contributed by atoms with Gasteiger partial charge in [-0.1, -0.05) is 0 Å². The predicted molar refractivity (Wildman–Crippen MR) is 150 cm³/mol. The van der Waals surface area contributed by atoms with Crippen LogP contribution in [-0.2, 0) is 23.9 Å². The van der Waals surface area contributed by atoms with Gasteiger partial charge in [0.15, 0.2) is 17.3 Å². The fraction of sp³-hybridized carbons (Fsp3) is 0.448. The van der Waals surface area contributed by atoms with E-state index < -0.39 is 11.9 Å². The molecule has 4 rings (SSSR count). The zero-order chi connectivity index (χ0) is 29.5. The fourth-order valence-corrected chi connectivity index (χ4v) is 5.77. The van der Waals surface area contributed by atoms with Gasteiger partial charge in [0.2, 0.25) is 5.91 Å². The van der Waals surface area contributed by atoms with Gasteiger partial charge in [-0.25, -0.2) is 0 Å². The van der Waals surface area contributed by atoms with Crippen LogP contribution in [0.2, 0.25) is 0 Å². The first-order valence-electron chi connectivity index (χ1n) is 13.2. The topological polar surface area (TPSA) is 149 Å². The Hall–Kier alpha value is -3.74. The molecule has 220 valence electrons. The number of hydrogen-bond donors (Lipinski definition) is 2. The first kappa shape index (κ1) is 30.2. The number of ether oxygens (including phenoxy) is 4. The van der Waals surface area contributed by atoms with Crippen molar-refractivity contribution in [1.82, 2.24) is 4.90 Å². The molecule has 1 aliphatic carbocycles. The van der Waals surface area contributed by atoms with Crippen LogP contribution in [-0.4, -0.2) is 91.5 Å². The smallest absolute Gasteiger partial charge is 0.303 e. The van der Waals surface area contributed by atoms with E-state index in [1.807, 2.05) is 18.2 Å². The van der Waals surface area contributed by atoms with E-state index in [4.69, 9.17) is 29.2 Å². The van der Waals surface area contributed by atoms with Crippen LogP contribution in [0.1, 0.15) is 41.8 Å². The Kier molecular flexibility index (Phi) is 10.1. The molecule has 0 spiro atoms. The monoisotopic (exact) mass is 587 g/mol. The van der Waals surface area contributed by atoms with Gasteiger partial charge in [0.25, 0.3) is 0 Å². The first-order valence-corrected chi connectivity index (χ1v) is 14.0. The lowest BCUT2D eigenvalue weighted by molar-refractivity contribution is -0.140. The summed E-state index contributed by atoms with van der Waals surface area (Å²) in [4.78, 5) is 48.5. The largest absolute Gasteiger partial charge is 0.493 e. The second-order valence-corrected chi connectivity index (χ2v) is 10.8. The van der Waals surface area contributed by atoms with Crippen molar-refractivity contribution in [2.75, 3.05) is 40.5 Å². The number of fused-ring (bicyclic) bond motifs is 2. The van der Waals surface area contributed by atoms with E-state index in [1.54, 1.807) is 24.1 Å². The normalized spacial score (nSPS) is 18.0. The molecule has 1 aromatic heterocycles. The van der Waals surface area contributed by atoms with Gasteiger partial charge < -0.3 is 34.1 Å². The third-order valence-electron chi connectivity index (χ3n) is 6.87. The van der Waals surface area contributed by atoms with Gasteiger partial charge in [0.1, 0.15) is 12.2 Å². The molecule has 12 heteroatoms. The molecule has 2 aliphatic rings. The number of ketones is 1. The summed E-state index contributed by atoms with van der Waals surface area (Å²) in [6, 6.07) is 5.35. The van der Waals surface area contributed by atoms with Crippen molar-refractivity contribution in [1.29, 1.82) is 0 Å². The number of carbonyl (C=O) groups is 4. The van der Waals surface area contributed by atoms with Crippen molar-refractivity contribution in [3.05, 3.63) is 46.4 Å². The summed E-state index contributed by atoms with van der Waals surface area (Å²) in [5.74, 6) is -1.34. The van der Waals surface area contributed by atoms with Gasteiger partial charge in [0.05, 0.1) is 38.0 Å². The number of Topliss-reactive ketones (excluding diaryl/α,β-unsaturated/α-hetero) is 1. The molecule has 11 nitrogen and oxygen atoms in total. The molecule has 2 aromatic rings. The summed E-state index contributed by atoms with van der Waals surface area (Å²) in [6.45, 7) is 1.59. The van der Waals surface area contributed by atoms with E-state index in [9.17, 15) is 19.2 Å². The second-order valence-electron chi connectivity index (χ2n) is 9.73. The number of benzene rings is 1. The van der Waals surface area contributed by atoms with Crippen LogP contribution >= 0.6 is 11.3 Å². The van der Waals surface area contributed by atoms with Crippen molar-refractivity contribution in [2.24, 2.45) is 0 Å². The van der Waals surface area contributed by atoms with E-state index in [0.29, 0.717) is 49.1 Å². The minimum absolute atomic E-state index is 0.0280. The Morgan fingerprint density at radius 1 is 0.878 bits per heavy atom. The number of carbonyl (C=O) groups excluding carboxylic acids is 2. The molecule has 1 aromatic carbocycles. The number of aliphatic carboxylic acids is 2. The highest BCUT2D eigenvalue weighted by Gasteiger charge is 2.32. The Morgan fingerprint density at radius 3 is 2.22 bits per heavy atom. The third-order valence-corrected chi connectivity index (χ3v) is 8.01. The predicted octanol–water partition coefficient (Wildman–Crippen LogP) is 3.70. The zero-order valence-electron chi connectivity index (χ0n) is 22.9. The molecular weight excluding hydrogens is 554 g/mol. The Morgan fingerprint density at radius 2 is 1.56 bits per heavy atom. The standard InChI is InChI=1S/C29H33NO10S/c1-37-21-11-18-15-30(27(32)5-7-29(35)36)16-19(18)12-24(21)40-9-3-8-39-23-10-17-13-26(20(31)4-6-28(33)34)41-25(17)14-22(23)38-2/h10-14,21,24H,3-9,15-16H2,1-2H3,(H,33,34)(H,35,36). The molecule has 2 N–H and O–H groups in total. The number of thiophene rings is 1. The van der Waals surface area contributed by atoms with E-state index in [1.165, 1.54) is 18.4 Å². The number of carboxylic acids is 2. The molecule has 2 unspecified atom stereocenters. The molecule has 0 radical (unpaired) electrons. The highest BCUT2D eigenvalue weighted by molar-refractivity contribution is 7.20. The van der Waals surface area contributed by atoms with E-state index in [2.05, 4.69) is 0 Å². The van der Waals surface area contributed by atoms with Crippen molar-refractivity contribution in [3.8, 4) is 11.5 Å². The third kappa shape index (κ3) is 7.72. The van der Waals surface area contributed by atoms with Gasteiger partial charge in [-0.3, -0.25) is 19.2 Å². The van der Waals surface area contributed by atoms with Crippen molar-refractivity contribution in [3.63, 3.8) is 0 Å².